The summed E-state index contributed by atoms with van der Waals surface area (Å²) < 4.78 is 34.1. The van der Waals surface area contributed by atoms with Gasteiger partial charge in [0.2, 0.25) is 0 Å². The summed E-state index contributed by atoms with van der Waals surface area (Å²) in [5.74, 6) is 0. The molecule has 0 saturated carbocycles. The van der Waals surface area contributed by atoms with Crippen molar-refractivity contribution in [1.82, 2.24) is 0 Å². The molecule has 0 bridgehead atoms. The van der Waals surface area contributed by atoms with Gasteiger partial charge in [-0.15, -0.1) is 0 Å². The molecule has 0 aromatic carbocycles. The SMILES string of the molecule is CCCCCC(F)(F)F.O=CO. The molecule has 0 aliphatic heterocycles. The van der Waals surface area contributed by atoms with Crippen LogP contribution < -0.4 is 0 Å². The van der Waals surface area contributed by atoms with Crippen LogP contribution in [0.15, 0.2) is 0 Å². The Morgan fingerprint density at radius 1 is 1.33 bits per heavy atom. The van der Waals surface area contributed by atoms with Gasteiger partial charge in [-0.05, 0) is 6.42 Å². The summed E-state index contributed by atoms with van der Waals surface area (Å²) in [5.41, 5.74) is 0. The number of carbonyl (C=O) groups is 1. The lowest BCUT2D eigenvalue weighted by atomic mass is 10.2. The Labute approximate surface area is 69.4 Å². The molecule has 1 N–H and O–H groups in total. The second-order valence-corrected chi connectivity index (χ2v) is 2.18. The molecule has 0 aliphatic rings. The van der Waals surface area contributed by atoms with Gasteiger partial charge in [0.25, 0.3) is 6.47 Å². The van der Waals surface area contributed by atoms with Crippen LogP contribution in [0.25, 0.3) is 0 Å². The Balaban J connectivity index is 0. The highest BCUT2D eigenvalue weighted by Crippen LogP contribution is 2.22. The Bertz CT molecular complexity index is 101. The van der Waals surface area contributed by atoms with Crippen molar-refractivity contribution in [2.24, 2.45) is 0 Å². The molecule has 74 valence electrons. The summed E-state index contributed by atoms with van der Waals surface area (Å²) in [7, 11) is 0. The molecule has 0 aromatic rings. The van der Waals surface area contributed by atoms with Gasteiger partial charge in [0.1, 0.15) is 0 Å². The maximum atomic E-state index is 11.4. The fourth-order valence-corrected chi connectivity index (χ4v) is 0.575. The first-order valence-electron chi connectivity index (χ1n) is 3.62. The molecule has 0 rings (SSSR count). The van der Waals surface area contributed by atoms with E-state index in [1.54, 1.807) is 0 Å². The number of unbranched alkanes of at least 4 members (excludes halogenated alkanes) is 2. The van der Waals surface area contributed by atoms with Crippen molar-refractivity contribution in [2.45, 2.75) is 38.8 Å². The molecule has 0 aromatic heterocycles. The van der Waals surface area contributed by atoms with Gasteiger partial charge < -0.3 is 5.11 Å². The summed E-state index contributed by atoms with van der Waals surface area (Å²) in [6.07, 6.45) is -2.77. The van der Waals surface area contributed by atoms with Crippen LogP contribution in [-0.2, 0) is 4.79 Å². The highest BCUT2D eigenvalue weighted by Gasteiger charge is 2.25. The van der Waals surface area contributed by atoms with E-state index in [4.69, 9.17) is 9.90 Å². The van der Waals surface area contributed by atoms with Crippen molar-refractivity contribution in [1.29, 1.82) is 0 Å². The first-order chi connectivity index (χ1) is 5.47. The van der Waals surface area contributed by atoms with E-state index in [1.165, 1.54) is 0 Å². The van der Waals surface area contributed by atoms with Gasteiger partial charge in [0.05, 0.1) is 0 Å². The maximum absolute atomic E-state index is 11.4. The number of carboxylic acid groups (broad SMARTS) is 1. The van der Waals surface area contributed by atoms with Crippen molar-refractivity contribution >= 4 is 6.47 Å². The summed E-state index contributed by atoms with van der Waals surface area (Å²) in [4.78, 5) is 8.36. The minimum absolute atomic E-state index is 0.250. The monoisotopic (exact) mass is 186 g/mol. The largest absolute Gasteiger partial charge is 0.483 e. The Morgan fingerprint density at radius 3 is 2.00 bits per heavy atom. The molecule has 0 unspecified atom stereocenters. The Hall–Kier alpha value is -0.740. The summed E-state index contributed by atoms with van der Waals surface area (Å²) >= 11 is 0. The normalized spacial score (nSPS) is 10.0. The Kier molecular flexibility index (Phi) is 9.63. The summed E-state index contributed by atoms with van der Waals surface area (Å²) in [6.45, 7) is 1.64. The first kappa shape index (κ1) is 13.8. The third kappa shape index (κ3) is 22.8. The molecule has 0 saturated heterocycles. The maximum Gasteiger partial charge on any atom is 0.389 e. The van der Waals surface area contributed by atoms with Crippen molar-refractivity contribution in [2.75, 3.05) is 0 Å². The minimum atomic E-state index is -3.95. The third-order valence-corrected chi connectivity index (χ3v) is 1.06. The van der Waals surface area contributed by atoms with Crippen LogP contribution in [0.2, 0.25) is 0 Å². The average Bonchev–Trinajstić information content (AvgIpc) is 1.87. The zero-order valence-corrected chi connectivity index (χ0v) is 6.90. The molecule has 0 spiro atoms. The molecule has 0 radical (unpaired) electrons. The lowest BCUT2D eigenvalue weighted by Gasteiger charge is -2.03. The van der Waals surface area contributed by atoms with E-state index in [0.29, 0.717) is 6.42 Å². The van der Waals surface area contributed by atoms with Gasteiger partial charge in [-0.1, -0.05) is 19.8 Å². The van der Waals surface area contributed by atoms with E-state index in [-0.39, 0.29) is 12.9 Å². The minimum Gasteiger partial charge on any atom is -0.483 e. The number of hydrogen-bond donors (Lipinski definition) is 1. The standard InChI is InChI=1S/C6H11F3.CH2O2/c1-2-3-4-5-6(7,8)9;2-1-3/h2-5H2,1H3;1H,(H,2,3). The zero-order valence-electron chi connectivity index (χ0n) is 6.90. The molecule has 0 aliphatic carbocycles. The second kappa shape index (κ2) is 8.36. The molecular weight excluding hydrogens is 173 g/mol. The molecular formula is C7H13F3O2. The van der Waals surface area contributed by atoms with Crippen LogP contribution in [-0.4, -0.2) is 17.8 Å². The second-order valence-electron chi connectivity index (χ2n) is 2.18. The first-order valence-corrected chi connectivity index (χ1v) is 3.62. The molecule has 0 atom stereocenters. The quantitative estimate of drug-likeness (QED) is 0.543. The molecule has 0 amide bonds. The van der Waals surface area contributed by atoms with Crippen LogP contribution in [0, 0.1) is 0 Å². The predicted molar refractivity (Wildman–Crippen MR) is 38.9 cm³/mol. The van der Waals surface area contributed by atoms with E-state index in [2.05, 4.69) is 0 Å². The van der Waals surface area contributed by atoms with Crippen LogP contribution >= 0.6 is 0 Å². The highest BCUT2D eigenvalue weighted by atomic mass is 19.4. The smallest absolute Gasteiger partial charge is 0.389 e. The summed E-state index contributed by atoms with van der Waals surface area (Å²) in [6, 6.07) is 0. The topological polar surface area (TPSA) is 37.3 Å². The molecule has 2 nitrogen and oxygen atoms in total. The van der Waals surface area contributed by atoms with E-state index >= 15 is 0 Å². The lowest BCUT2D eigenvalue weighted by Crippen LogP contribution is -2.05. The van der Waals surface area contributed by atoms with E-state index in [1.807, 2.05) is 6.92 Å². The van der Waals surface area contributed by atoms with Crippen molar-refractivity contribution in [3.63, 3.8) is 0 Å². The highest BCUT2D eigenvalue weighted by molar-refractivity contribution is 5.32. The van der Waals surface area contributed by atoms with Crippen LogP contribution in [0.3, 0.4) is 0 Å². The van der Waals surface area contributed by atoms with E-state index in [9.17, 15) is 13.2 Å². The predicted octanol–water partition coefficient (Wildman–Crippen LogP) is 2.83. The third-order valence-electron chi connectivity index (χ3n) is 1.06. The van der Waals surface area contributed by atoms with Gasteiger partial charge in [0.15, 0.2) is 0 Å². The Morgan fingerprint density at radius 2 is 1.75 bits per heavy atom. The molecule has 5 heteroatoms. The fraction of sp³-hybridized carbons (Fsp3) is 0.857. The van der Waals surface area contributed by atoms with Gasteiger partial charge in [-0.2, -0.15) is 13.2 Å². The number of halogens is 3. The van der Waals surface area contributed by atoms with Gasteiger partial charge in [0, 0.05) is 6.42 Å². The number of hydrogen-bond acceptors (Lipinski definition) is 1. The van der Waals surface area contributed by atoms with Gasteiger partial charge >= 0.3 is 6.18 Å². The molecule has 0 heterocycles. The van der Waals surface area contributed by atoms with Crippen molar-refractivity contribution in [3.8, 4) is 0 Å². The zero-order chi connectivity index (χ0) is 10.0. The fourth-order valence-electron chi connectivity index (χ4n) is 0.575. The average molecular weight is 186 g/mol. The van der Waals surface area contributed by atoms with Crippen LogP contribution in [0.1, 0.15) is 32.6 Å². The van der Waals surface area contributed by atoms with Crippen LogP contribution in [0.5, 0.6) is 0 Å². The number of alkyl halides is 3. The molecule has 0 fully saturated rings. The lowest BCUT2D eigenvalue weighted by molar-refractivity contribution is -0.135. The van der Waals surface area contributed by atoms with Crippen molar-refractivity contribution < 1.29 is 23.1 Å². The summed E-state index contributed by atoms with van der Waals surface area (Å²) in [5, 5.41) is 6.89. The number of rotatable bonds is 3. The van der Waals surface area contributed by atoms with E-state index in [0.717, 1.165) is 6.42 Å². The van der Waals surface area contributed by atoms with Crippen molar-refractivity contribution in [3.05, 3.63) is 0 Å². The van der Waals surface area contributed by atoms with Gasteiger partial charge in [-0.25, -0.2) is 0 Å². The van der Waals surface area contributed by atoms with Crippen LogP contribution in [0.4, 0.5) is 13.2 Å². The van der Waals surface area contributed by atoms with E-state index < -0.39 is 12.6 Å². The van der Waals surface area contributed by atoms with Gasteiger partial charge in [-0.3, -0.25) is 4.79 Å². The molecule has 12 heavy (non-hydrogen) atoms.